The quantitative estimate of drug-likeness (QED) is 0.475. The van der Waals surface area contributed by atoms with Crippen LogP contribution in [0.2, 0.25) is 5.02 Å². The second-order valence-electron chi connectivity index (χ2n) is 7.58. The third-order valence-electron chi connectivity index (χ3n) is 5.18. The molecule has 0 saturated carbocycles. The predicted molar refractivity (Wildman–Crippen MR) is 129 cm³/mol. The van der Waals surface area contributed by atoms with Crippen LogP contribution in [0.1, 0.15) is 31.6 Å². The van der Waals surface area contributed by atoms with Gasteiger partial charge in [0.2, 0.25) is 23.2 Å². The fourth-order valence-corrected chi connectivity index (χ4v) is 4.05. The SMILES string of the molecule is CCCC(=O)N1c2ccc(Cl)cc2-c2nnc(SC)nc2O[C@H]1c1ccc(N(C)C)cc1. The van der Waals surface area contributed by atoms with Crippen LogP contribution in [0.25, 0.3) is 11.3 Å². The number of halogens is 1. The minimum absolute atomic E-state index is 0.0522. The van der Waals surface area contributed by atoms with Gasteiger partial charge in [0.1, 0.15) is 0 Å². The van der Waals surface area contributed by atoms with E-state index in [4.69, 9.17) is 16.3 Å². The van der Waals surface area contributed by atoms with Gasteiger partial charge in [-0.25, -0.2) is 0 Å². The molecule has 1 amide bonds. The number of amides is 1. The monoisotopic (exact) mass is 469 g/mol. The lowest BCUT2D eigenvalue weighted by Gasteiger charge is -2.31. The largest absolute Gasteiger partial charge is 0.447 e. The second-order valence-corrected chi connectivity index (χ2v) is 8.79. The molecule has 0 bridgehead atoms. The average Bonchev–Trinajstić information content (AvgIpc) is 2.93. The number of carbonyl (C=O) groups is 1. The summed E-state index contributed by atoms with van der Waals surface area (Å²) in [5, 5.41) is 9.58. The molecule has 0 saturated heterocycles. The summed E-state index contributed by atoms with van der Waals surface area (Å²) in [5.74, 6) is 0.268. The number of hydrogen-bond acceptors (Lipinski definition) is 7. The highest BCUT2D eigenvalue weighted by molar-refractivity contribution is 7.98. The van der Waals surface area contributed by atoms with Crippen molar-refractivity contribution in [3.63, 3.8) is 0 Å². The summed E-state index contributed by atoms with van der Waals surface area (Å²) in [6, 6.07) is 13.3. The van der Waals surface area contributed by atoms with Gasteiger partial charge in [-0.15, -0.1) is 10.2 Å². The lowest BCUT2D eigenvalue weighted by molar-refractivity contribution is -0.120. The van der Waals surface area contributed by atoms with E-state index in [-0.39, 0.29) is 5.91 Å². The van der Waals surface area contributed by atoms with Crippen LogP contribution in [-0.4, -0.2) is 41.4 Å². The Kier molecular flexibility index (Phi) is 6.53. The van der Waals surface area contributed by atoms with Crippen molar-refractivity contribution in [3.05, 3.63) is 53.1 Å². The summed E-state index contributed by atoms with van der Waals surface area (Å²) in [7, 11) is 3.97. The molecular formula is C23H24ClN5O2S. The predicted octanol–water partition coefficient (Wildman–Crippen LogP) is 5.20. The second kappa shape index (κ2) is 9.34. The maximum absolute atomic E-state index is 13.4. The van der Waals surface area contributed by atoms with Crippen molar-refractivity contribution in [1.82, 2.24) is 15.2 Å². The Morgan fingerprint density at radius 3 is 2.59 bits per heavy atom. The van der Waals surface area contributed by atoms with Crippen LogP contribution in [0.15, 0.2) is 47.6 Å². The van der Waals surface area contributed by atoms with Gasteiger partial charge in [-0.1, -0.05) is 42.4 Å². The Balaban J connectivity index is 1.94. The number of ether oxygens (including phenoxy) is 1. The van der Waals surface area contributed by atoms with Gasteiger partial charge in [-0.05, 0) is 43.0 Å². The molecular weight excluding hydrogens is 446 g/mol. The average molecular weight is 470 g/mol. The van der Waals surface area contributed by atoms with E-state index in [1.165, 1.54) is 11.8 Å². The van der Waals surface area contributed by atoms with E-state index in [1.807, 2.05) is 62.5 Å². The first kappa shape index (κ1) is 22.4. The Labute approximate surface area is 196 Å². The lowest BCUT2D eigenvalue weighted by atomic mass is 10.1. The summed E-state index contributed by atoms with van der Waals surface area (Å²) in [4.78, 5) is 21.6. The molecule has 2 aromatic carbocycles. The van der Waals surface area contributed by atoms with E-state index in [9.17, 15) is 4.79 Å². The Bertz CT molecular complexity index is 1140. The number of aromatic nitrogens is 3. The summed E-state index contributed by atoms with van der Waals surface area (Å²) < 4.78 is 6.41. The highest BCUT2D eigenvalue weighted by atomic mass is 35.5. The van der Waals surface area contributed by atoms with Gasteiger partial charge in [-0.3, -0.25) is 9.69 Å². The molecule has 166 valence electrons. The molecule has 1 aliphatic heterocycles. The van der Waals surface area contributed by atoms with Crippen molar-refractivity contribution < 1.29 is 9.53 Å². The van der Waals surface area contributed by atoms with Crippen molar-refractivity contribution in [2.24, 2.45) is 0 Å². The van der Waals surface area contributed by atoms with Crippen molar-refractivity contribution in [2.45, 2.75) is 31.1 Å². The number of hydrogen-bond donors (Lipinski definition) is 0. The normalized spacial score (nSPS) is 14.8. The van der Waals surface area contributed by atoms with Crippen molar-refractivity contribution in [1.29, 1.82) is 0 Å². The van der Waals surface area contributed by atoms with Crippen molar-refractivity contribution in [3.8, 4) is 17.1 Å². The van der Waals surface area contributed by atoms with Gasteiger partial charge in [0, 0.05) is 42.4 Å². The maximum Gasteiger partial charge on any atom is 0.247 e. The molecule has 0 aliphatic carbocycles. The molecule has 0 spiro atoms. The van der Waals surface area contributed by atoms with E-state index in [0.29, 0.717) is 45.8 Å². The third kappa shape index (κ3) is 4.25. The highest BCUT2D eigenvalue weighted by Crippen LogP contribution is 2.44. The number of rotatable bonds is 5. The van der Waals surface area contributed by atoms with Gasteiger partial charge < -0.3 is 9.64 Å². The van der Waals surface area contributed by atoms with Crippen molar-refractivity contribution >= 4 is 40.6 Å². The van der Waals surface area contributed by atoms with E-state index in [1.54, 1.807) is 17.0 Å². The van der Waals surface area contributed by atoms with Crippen LogP contribution in [-0.2, 0) is 4.79 Å². The van der Waals surface area contributed by atoms with Crippen LogP contribution < -0.4 is 14.5 Å². The summed E-state index contributed by atoms with van der Waals surface area (Å²) in [5.41, 5.74) is 3.67. The van der Waals surface area contributed by atoms with Crippen LogP contribution in [0.3, 0.4) is 0 Å². The first-order valence-corrected chi connectivity index (χ1v) is 11.9. The first-order chi connectivity index (χ1) is 15.4. The number of nitrogens with zero attached hydrogens (tertiary/aromatic N) is 5. The van der Waals surface area contributed by atoms with Crippen LogP contribution >= 0.6 is 23.4 Å². The van der Waals surface area contributed by atoms with Crippen LogP contribution in [0.5, 0.6) is 5.88 Å². The molecule has 0 unspecified atom stereocenters. The fourth-order valence-electron chi connectivity index (χ4n) is 3.58. The maximum atomic E-state index is 13.4. The molecule has 1 atom stereocenters. The van der Waals surface area contributed by atoms with E-state index >= 15 is 0 Å². The fraction of sp³-hybridized carbons (Fsp3) is 0.304. The molecule has 7 nitrogen and oxygen atoms in total. The van der Waals surface area contributed by atoms with E-state index in [0.717, 1.165) is 11.3 Å². The molecule has 3 aromatic rings. The Morgan fingerprint density at radius 1 is 1.19 bits per heavy atom. The molecule has 1 aliphatic rings. The topological polar surface area (TPSA) is 71.5 Å². The molecule has 32 heavy (non-hydrogen) atoms. The standard InChI is InChI=1S/C23H24ClN5O2S/c1-5-6-19(30)29-18-12-9-15(24)13-17(18)20-21(25-23(32-4)27-26-20)31-22(29)14-7-10-16(11-8-14)28(2)3/h7-13,22H,5-6H2,1-4H3/t22-/m0/s1. The molecule has 4 rings (SSSR count). The van der Waals surface area contributed by atoms with E-state index in [2.05, 4.69) is 15.2 Å². The number of benzene rings is 2. The first-order valence-electron chi connectivity index (χ1n) is 10.3. The van der Waals surface area contributed by atoms with Gasteiger partial charge in [0.05, 0.1) is 5.69 Å². The lowest BCUT2D eigenvalue weighted by Crippen LogP contribution is -2.37. The zero-order valence-corrected chi connectivity index (χ0v) is 19.9. The highest BCUT2D eigenvalue weighted by Gasteiger charge is 2.35. The molecule has 2 heterocycles. The number of carbonyl (C=O) groups excluding carboxylic acids is 1. The van der Waals surface area contributed by atoms with Gasteiger partial charge in [0.25, 0.3) is 0 Å². The van der Waals surface area contributed by atoms with Gasteiger partial charge in [-0.2, -0.15) is 4.98 Å². The minimum atomic E-state index is -0.710. The zero-order chi connectivity index (χ0) is 22.8. The molecule has 0 radical (unpaired) electrons. The molecule has 1 aromatic heterocycles. The minimum Gasteiger partial charge on any atom is -0.447 e. The van der Waals surface area contributed by atoms with Crippen LogP contribution in [0.4, 0.5) is 11.4 Å². The molecule has 9 heteroatoms. The smallest absolute Gasteiger partial charge is 0.247 e. The summed E-state index contributed by atoms with van der Waals surface area (Å²) in [6.07, 6.45) is 2.26. The van der Waals surface area contributed by atoms with Crippen LogP contribution in [0, 0.1) is 0 Å². The Hall–Kier alpha value is -2.84. The number of anilines is 2. The third-order valence-corrected chi connectivity index (χ3v) is 5.95. The molecule has 0 N–H and O–H groups in total. The van der Waals surface area contributed by atoms with Gasteiger partial charge >= 0.3 is 0 Å². The van der Waals surface area contributed by atoms with E-state index < -0.39 is 6.23 Å². The number of thioether (sulfide) groups is 1. The van der Waals surface area contributed by atoms with Gasteiger partial charge in [0.15, 0.2) is 5.69 Å². The Morgan fingerprint density at radius 2 is 1.94 bits per heavy atom. The summed E-state index contributed by atoms with van der Waals surface area (Å²) >= 11 is 7.70. The molecule has 0 fully saturated rings. The van der Waals surface area contributed by atoms with Crippen molar-refractivity contribution in [2.75, 3.05) is 30.2 Å². The zero-order valence-electron chi connectivity index (χ0n) is 18.4. The summed E-state index contributed by atoms with van der Waals surface area (Å²) in [6.45, 7) is 1.98. The number of fused-ring (bicyclic) bond motifs is 3.